The number of halogens is 1. The Morgan fingerprint density at radius 3 is 2.78 bits per heavy atom. The summed E-state index contributed by atoms with van der Waals surface area (Å²) in [4.78, 5) is 2.11. The normalized spacial score (nSPS) is 10.1. The smallest absolute Gasteiger partial charge is 0.101 e. The summed E-state index contributed by atoms with van der Waals surface area (Å²) >= 11 is 5.10. The number of alkyl halides is 1. The van der Waals surface area contributed by atoms with Crippen LogP contribution < -0.4 is 4.90 Å². The summed E-state index contributed by atoms with van der Waals surface area (Å²) in [6, 6.07) is 10.4. The molecule has 0 N–H and O–H groups in total. The van der Waals surface area contributed by atoms with Gasteiger partial charge in [0, 0.05) is 18.9 Å². The van der Waals surface area contributed by atoms with Crippen LogP contribution in [0.3, 0.4) is 0 Å². The van der Waals surface area contributed by atoms with Crippen LogP contribution in [0.1, 0.15) is 16.7 Å². The maximum Gasteiger partial charge on any atom is 0.101 e. The minimum Gasteiger partial charge on any atom is -0.369 e. The van der Waals surface area contributed by atoms with Gasteiger partial charge in [0.1, 0.15) is 6.07 Å². The van der Waals surface area contributed by atoms with Crippen molar-refractivity contribution in [1.29, 1.82) is 5.26 Å². The summed E-state index contributed by atoms with van der Waals surface area (Å²) in [5, 5.41) is 14.2. The van der Waals surface area contributed by atoms with E-state index in [0.717, 1.165) is 28.7 Å². The largest absolute Gasteiger partial charge is 0.369 e. The summed E-state index contributed by atoms with van der Waals surface area (Å²) in [5.74, 6) is 0. The fraction of sp³-hybridized carbons (Fsp3) is 0.214. The van der Waals surface area contributed by atoms with Gasteiger partial charge < -0.3 is 4.90 Å². The molecule has 2 nitrogen and oxygen atoms in total. The van der Waals surface area contributed by atoms with E-state index >= 15 is 0 Å². The van der Waals surface area contributed by atoms with Crippen LogP contribution in [0, 0.1) is 11.3 Å². The molecule has 1 aromatic carbocycles. The lowest BCUT2D eigenvalue weighted by molar-refractivity contribution is 0.925. The van der Waals surface area contributed by atoms with E-state index in [0.29, 0.717) is 0 Å². The molecule has 1 heterocycles. The van der Waals surface area contributed by atoms with E-state index < -0.39 is 0 Å². The average molecular weight is 321 g/mol. The van der Waals surface area contributed by atoms with Crippen LogP contribution in [-0.2, 0) is 11.9 Å². The third kappa shape index (κ3) is 2.92. The van der Waals surface area contributed by atoms with Crippen LogP contribution in [0.15, 0.2) is 35.0 Å². The number of nitriles is 1. The molecule has 4 heteroatoms. The minimum absolute atomic E-state index is 0.727. The first-order valence-corrected chi connectivity index (χ1v) is 7.62. The molecule has 0 aliphatic carbocycles. The maximum atomic E-state index is 9.22. The van der Waals surface area contributed by atoms with E-state index in [1.165, 1.54) is 5.56 Å². The highest BCUT2D eigenvalue weighted by atomic mass is 79.9. The Morgan fingerprint density at radius 1 is 1.33 bits per heavy atom. The molecular formula is C14H13BrN2S. The van der Waals surface area contributed by atoms with Gasteiger partial charge in [0.2, 0.25) is 0 Å². The predicted octanol–water partition coefficient (Wildman–Crippen LogP) is 4.15. The molecule has 1 aromatic heterocycles. The maximum absolute atomic E-state index is 9.22. The SMILES string of the molecule is CN(Cc1ccsc1)c1ccc(CBr)cc1C#N. The predicted molar refractivity (Wildman–Crippen MR) is 80.2 cm³/mol. The summed E-state index contributed by atoms with van der Waals surface area (Å²) in [6.45, 7) is 0.825. The molecule has 0 amide bonds. The molecule has 0 unspecified atom stereocenters. The Kier molecular flexibility index (Phi) is 4.40. The third-order valence-electron chi connectivity index (χ3n) is 2.75. The van der Waals surface area contributed by atoms with Crippen molar-refractivity contribution in [2.75, 3.05) is 11.9 Å². The van der Waals surface area contributed by atoms with Crippen LogP contribution in [0.25, 0.3) is 0 Å². The molecule has 0 atom stereocenters. The van der Waals surface area contributed by atoms with E-state index in [1.54, 1.807) is 11.3 Å². The molecule has 92 valence electrons. The van der Waals surface area contributed by atoms with Gasteiger partial charge >= 0.3 is 0 Å². The second-order valence-electron chi connectivity index (χ2n) is 4.08. The molecule has 18 heavy (non-hydrogen) atoms. The summed E-state index contributed by atoms with van der Waals surface area (Å²) in [5.41, 5.74) is 4.10. The van der Waals surface area contributed by atoms with Crippen molar-refractivity contribution in [2.24, 2.45) is 0 Å². The highest BCUT2D eigenvalue weighted by Gasteiger charge is 2.08. The van der Waals surface area contributed by atoms with E-state index in [1.807, 2.05) is 19.2 Å². The summed E-state index contributed by atoms with van der Waals surface area (Å²) < 4.78 is 0. The highest BCUT2D eigenvalue weighted by Crippen LogP contribution is 2.23. The molecule has 0 saturated heterocycles. The van der Waals surface area contributed by atoms with Crippen LogP contribution in [0.4, 0.5) is 5.69 Å². The lowest BCUT2D eigenvalue weighted by Gasteiger charge is -2.20. The van der Waals surface area contributed by atoms with Crippen LogP contribution in [0.2, 0.25) is 0 Å². The first kappa shape index (κ1) is 13.1. The topological polar surface area (TPSA) is 27.0 Å². The van der Waals surface area contributed by atoms with Crippen LogP contribution in [0.5, 0.6) is 0 Å². The standard InChI is InChI=1S/C14H13BrN2S/c1-17(9-12-4-5-18-10-12)14-3-2-11(7-15)6-13(14)8-16/h2-6,10H,7,9H2,1H3. The number of hydrogen-bond acceptors (Lipinski definition) is 3. The molecule has 2 rings (SSSR count). The van der Waals surface area contributed by atoms with Gasteiger partial charge in [-0.2, -0.15) is 16.6 Å². The van der Waals surface area contributed by atoms with Crippen molar-refractivity contribution >= 4 is 33.0 Å². The molecule has 0 aliphatic heterocycles. The molecule has 2 aromatic rings. The molecule has 0 saturated carbocycles. The number of nitrogens with zero attached hydrogens (tertiary/aromatic N) is 2. The zero-order valence-corrected chi connectivity index (χ0v) is 12.5. The second-order valence-corrected chi connectivity index (χ2v) is 5.43. The highest BCUT2D eigenvalue weighted by molar-refractivity contribution is 9.08. The van der Waals surface area contributed by atoms with E-state index in [9.17, 15) is 5.26 Å². The zero-order valence-electron chi connectivity index (χ0n) is 10.1. The van der Waals surface area contributed by atoms with Crippen molar-refractivity contribution in [2.45, 2.75) is 11.9 Å². The minimum atomic E-state index is 0.727. The quantitative estimate of drug-likeness (QED) is 0.791. The third-order valence-corrected chi connectivity index (χ3v) is 4.13. The second kappa shape index (κ2) is 6.03. The van der Waals surface area contributed by atoms with Crippen molar-refractivity contribution < 1.29 is 0 Å². The van der Waals surface area contributed by atoms with Crippen LogP contribution >= 0.6 is 27.3 Å². The van der Waals surface area contributed by atoms with Gasteiger partial charge in [-0.15, -0.1) is 0 Å². The molecule has 0 radical (unpaired) electrons. The first-order chi connectivity index (χ1) is 8.74. The van der Waals surface area contributed by atoms with E-state index in [-0.39, 0.29) is 0 Å². The Labute approximate surface area is 120 Å². The van der Waals surface area contributed by atoms with Crippen molar-refractivity contribution in [1.82, 2.24) is 0 Å². The Bertz CT molecular complexity index is 558. The van der Waals surface area contributed by atoms with Crippen molar-refractivity contribution in [3.63, 3.8) is 0 Å². The molecule has 0 fully saturated rings. The van der Waals surface area contributed by atoms with E-state index in [4.69, 9.17) is 0 Å². The Hall–Kier alpha value is -1.31. The van der Waals surface area contributed by atoms with Gasteiger partial charge in [-0.1, -0.05) is 22.0 Å². The number of hydrogen-bond donors (Lipinski definition) is 0. The van der Waals surface area contributed by atoms with Gasteiger partial charge in [0.15, 0.2) is 0 Å². The van der Waals surface area contributed by atoms with Gasteiger partial charge in [-0.25, -0.2) is 0 Å². The van der Waals surface area contributed by atoms with Gasteiger partial charge in [-0.05, 0) is 40.1 Å². The van der Waals surface area contributed by atoms with Gasteiger partial charge in [0.25, 0.3) is 0 Å². The monoisotopic (exact) mass is 320 g/mol. The number of rotatable bonds is 4. The number of anilines is 1. The Morgan fingerprint density at radius 2 is 2.17 bits per heavy atom. The first-order valence-electron chi connectivity index (χ1n) is 5.56. The fourth-order valence-electron chi connectivity index (χ4n) is 1.83. The molecular weight excluding hydrogens is 308 g/mol. The lowest BCUT2D eigenvalue weighted by Crippen LogP contribution is -2.17. The van der Waals surface area contributed by atoms with Crippen molar-refractivity contribution in [3.05, 3.63) is 51.7 Å². The molecule has 0 aliphatic rings. The van der Waals surface area contributed by atoms with Gasteiger partial charge in [-0.3, -0.25) is 0 Å². The van der Waals surface area contributed by atoms with Gasteiger partial charge in [0.05, 0.1) is 11.3 Å². The zero-order chi connectivity index (χ0) is 13.0. The van der Waals surface area contributed by atoms with Crippen molar-refractivity contribution in [3.8, 4) is 6.07 Å². The summed E-state index contributed by atoms with van der Waals surface area (Å²) in [6.07, 6.45) is 0. The Balaban J connectivity index is 2.24. The fourth-order valence-corrected chi connectivity index (χ4v) is 2.84. The van der Waals surface area contributed by atoms with E-state index in [2.05, 4.69) is 49.8 Å². The molecule has 0 spiro atoms. The number of benzene rings is 1. The molecule has 0 bridgehead atoms. The summed E-state index contributed by atoms with van der Waals surface area (Å²) in [7, 11) is 2.02. The lowest BCUT2D eigenvalue weighted by atomic mass is 10.1. The number of thiophene rings is 1. The van der Waals surface area contributed by atoms with Crippen LogP contribution in [-0.4, -0.2) is 7.05 Å². The average Bonchev–Trinajstić information content (AvgIpc) is 2.90.